The van der Waals surface area contributed by atoms with E-state index >= 15 is 0 Å². The number of thiazole rings is 1. The number of aromatic nitrogens is 3. The van der Waals surface area contributed by atoms with Crippen LogP contribution in [-0.2, 0) is 0 Å². The zero-order valence-electron chi connectivity index (χ0n) is 14.4. The number of anilines is 1. The lowest BCUT2D eigenvalue weighted by Crippen LogP contribution is -2.15. The van der Waals surface area contributed by atoms with Crippen LogP contribution in [0.15, 0.2) is 66.0 Å². The van der Waals surface area contributed by atoms with Gasteiger partial charge in [0.2, 0.25) is 5.13 Å². The van der Waals surface area contributed by atoms with Crippen molar-refractivity contribution in [3.8, 4) is 16.4 Å². The van der Waals surface area contributed by atoms with Gasteiger partial charge in [-0.3, -0.25) is 4.79 Å². The molecule has 0 saturated carbocycles. The molecule has 0 spiro atoms. The van der Waals surface area contributed by atoms with Crippen molar-refractivity contribution in [2.45, 2.75) is 6.92 Å². The lowest BCUT2D eigenvalue weighted by atomic mass is 10.2. The number of rotatable bonds is 4. The molecule has 4 rings (SSSR count). The number of halogens is 1. The summed E-state index contributed by atoms with van der Waals surface area (Å²) in [6, 6.07) is 18.6. The van der Waals surface area contributed by atoms with Crippen LogP contribution in [0.5, 0.6) is 0 Å². The van der Waals surface area contributed by atoms with Crippen molar-refractivity contribution < 1.29 is 4.79 Å². The maximum atomic E-state index is 12.6. The molecule has 2 heterocycles. The molecule has 0 unspecified atom stereocenters. The molecule has 0 aliphatic carbocycles. The van der Waals surface area contributed by atoms with Crippen molar-refractivity contribution in [2.24, 2.45) is 0 Å². The quantitative estimate of drug-likeness (QED) is 0.516. The second kappa shape index (κ2) is 7.34. The van der Waals surface area contributed by atoms with Gasteiger partial charge in [-0.2, -0.15) is 9.78 Å². The van der Waals surface area contributed by atoms with Crippen LogP contribution in [0.1, 0.15) is 16.1 Å². The minimum atomic E-state index is -0.251. The SMILES string of the molecule is Cc1cc(NC(=O)c2cccc(Cl)c2)n(-c2nc(-c3ccccc3)cs2)n1. The number of amides is 1. The van der Waals surface area contributed by atoms with Crippen molar-refractivity contribution in [1.82, 2.24) is 14.8 Å². The fourth-order valence-electron chi connectivity index (χ4n) is 2.66. The minimum Gasteiger partial charge on any atom is -0.306 e. The van der Waals surface area contributed by atoms with Gasteiger partial charge in [-0.25, -0.2) is 4.98 Å². The van der Waals surface area contributed by atoms with Crippen LogP contribution in [0.4, 0.5) is 5.82 Å². The van der Waals surface area contributed by atoms with Gasteiger partial charge in [-0.15, -0.1) is 11.3 Å². The van der Waals surface area contributed by atoms with Crippen LogP contribution < -0.4 is 5.32 Å². The summed E-state index contributed by atoms with van der Waals surface area (Å²) in [6.07, 6.45) is 0. The van der Waals surface area contributed by atoms with Crippen LogP contribution in [0.3, 0.4) is 0 Å². The third kappa shape index (κ3) is 3.77. The van der Waals surface area contributed by atoms with Crippen molar-refractivity contribution in [3.63, 3.8) is 0 Å². The molecule has 0 aliphatic heterocycles. The van der Waals surface area contributed by atoms with Crippen LogP contribution >= 0.6 is 22.9 Å². The van der Waals surface area contributed by atoms with E-state index in [1.807, 2.05) is 48.7 Å². The van der Waals surface area contributed by atoms with Gasteiger partial charge in [0.05, 0.1) is 11.4 Å². The maximum absolute atomic E-state index is 12.6. The normalized spacial score (nSPS) is 10.7. The van der Waals surface area contributed by atoms with Gasteiger partial charge in [0.25, 0.3) is 5.91 Å². The number of nitrogens with one attached hydrogen (secondary N) is 1. The van der Waals surface area contributed by atoms with Crippen LogP contribution in [-0.4, -0.2) is 20.7 Å². The van der Waals surface area contributed by atoms with Crippen LogP contribution in [0.25, 0.3) is 16.4 Å². The van der Waals surface area contributed by atoms with Crippen LogP contribution in [0, 0.1) is 6.92 Å². The summed E-state index contributed by atoms with van der Waals surface area (Å²) in [5.41, 5.74) is 3.18. The van der Waals surface area contributed by atoms with E-state index < -0.39 is 0 Å². The van der Waals surface area contributed by atoms with Gasteiger partial charge < -0.3 is 5.32 Å². The van der Waals surface area contributed by atoms with E-state index in [1.54, 1.807) is 28.9 Å². The summed E-state index contributed by atoms with van der Waals surface area (Å²) >= 11 is 7.45. The van der Waals surface area contributed by atoms with E-state index in [0.29, 0.717) is 21.5 Å². The Balaban J connectivity index is 1.64. The fraction of sp³-hybridized carbons (Fsp3) is 0.0500. The molecule has 2 aromatic carbocycles. The summed E-state index contributed by atoms with van der Waals surface area (Å²) in [4.78, 5) is 17.2. The van der Waals surface area contributed by atoms with Crippen LogP contribution in [0.2, 0.25) is 5.02 Å². The van der Waals surface area contributed by atoms with Gasteiger partial charge in [0.1, 0.15) is 5.82 Å². The van der Waals surface area contributed by atoms with Crippen molar-refractivity contribution in [3.05, 3.63) is 82.3 Å². The average molecular weight is 395 g/mol. The first-order valence-electron chi connectivity index (χ1n) is 8.25. The molecule has 134 valence electrons. The highest BCUT2D eigenvalue weighted by atomic mass is 35.5. The molecule has 1 amide bonds. The molecule has 4 aromatic rings. The number of aryl methyl sites for hydroxylation is 1. The zero-order chi connectivity index (χ0) is 18.8. The van der Waals surface area contributed by atoms with Gasteiger partial charge in [0.15, 0.2) is 0 Å². The standard InChI is InChI=1S/C20H15ClN4OS/c1-13-10-18(23-19(26)15-8-5-9-16(21)11-15)25(24-13)20-22-17(12-27-20)14-6-3-2-4-7-14/h2-12H,1H3,(H,23,26). The zero-order valence-corrected chi connectivity index (χ0v) is 16.0. The topological polar surface area (TPSA) is 59.8 Å². The van der Waals surface area contributed by atoms with Crippen molar-refractivity contribution >= 4 is 34.7 Å². The Hall–Kier alpha value is -2.96. The number of carbonyl (C=O) groups excluding carboxylic acids is 1. The highest BCUT2D eigenvalue weighted by molar-refractivity contribution is 7.12. The first-order valence-corrected chi connectivity index (χ1v) is 9.51. The minimum absolute atomic E-state index is 0.251. The Bertz CT molecular complexity index is 1100. The van der Waals surface area contributed by atoms with E-state index in [4.69, 9.17) is 11.6 Å². The third-order valence-corrected chi connectivity index (χ3v) is 4.95. The molecular formula is C20H15ClN4OS. The Labute approximate surface area is 165 Å². The molecule has 0 atom stereocenters. The van der Waals surface area contributed by atoms with E-state index in [-0.39, 0.29) is 5.91 Å². The molecule has 5 nitrogen and oxygen atoms in total. The van der Waals surface area contributed by atoms with E-state index in [2.05, 4.69) is 15.4 Å². The lowest BCUT2D eigenvalue weighted by Gasteiger charge is -2.07. The van der Waals surface area contributed by atoms with Gasteiger partial charge in [-0.1, -0.05) is 48.0 Å². The Morgan fingerprint density at radius 2 is 1.93 bits per heavy atom. The van der Waals surface area contributed by atoms with E-state index in [0.717, 1.165) is 17.0 Å². The Morgan fingerprint density at radius 1 is 1.11 bits per heavy atom. The van der Waals surface area contributed by atoms with Crippen molar-refractivity contribution in [2.75, 3.05) is 5.32 Å². The number of benzene rings is 2. The number of carbonyl (C=O) groups is 1. The molecule has 0 saturated heterocycles. The Morgan fingerprint density at radius 3 is 2.70 bits per heavy atom. The number of nitrogens with zero attached hydrogens (tertiary/aromatic N) is 3. The van der Waals surface area contributed by atoms with Gasteiger partial charge in [-0.05, 0) is 25.1 Å². The Kier molecular flexibility index (Phi) is 4.75. The predicted molar refractivity (Wildman–Crippen MR) is 109 cm³/mol. The molecule has 0 fully saturated rings. The number of hydrogen-bond acceptors (Lipinski definition) is 4. The summed E-state index contributed by atoms with van der Waals surface area (Å²) in [7, 11) is 0. The molecule has 2 aromatic heterocycles. The van der Waals surface area contributed by atoms with E-state index in [1.165, 1.54) is 11.3 Å². The monoisotopic (exact) mass is 394 g/mol. The van der Waals surface area contributed by atoms with E-state index in [9.17, 15) is 4.79 Å². The molecule has 0 bridgehead atoms. The highest BCUT2D eigenvalue weighted by Gasteiger charge is 2.15. The summed E-state index contributed by atoms with van der Waals surface area (Å²) in [6.45, 7) is 1.87. The van der Waals surface area contributed by atoms with Gasteiger partial charge in [0, 0.05) is 27.6 Å². The molecular weight excluding hydrogens is 380 g/mol. The molecule has 7 heteroatoms. The first kappa shape index (κ1) is 17.5. The lowest BCUT2D eigenvalue weighted by molar-refractivity contribution is 0.102. The number of hydrogen-bond donors (Lipinski definition) is 1. The summed E-state index contributed by atoms with van der Waals surface area (Å²) in [5, 5.41) is 10.5. The molecule has 0 aliphatic rings. The van der Waals surface area contributed by atoms with Crippen molar-refractivity contribution in [1.29, 1.82) is 0 Å². The molecule has 0 radical (unpaired) electrons. The predicted octanol–water partition coefficient (Wildman–Crippen LogP) is 5.21. The van der Waals surface area contributed by atoms with Gasteiger partial charge >= 0.3 is 0 Å². The highest BCUT2D eigenvalue weighted by Crippen LogP contribution is 2.26. The molecule has 27 heavy (non-hydrogen) atoms. The second-order valence-corrected chi connectivity index (χ2v) is 7.20. The maximum Gasteiger partial charge on any atom is 0.256 e. The second-order valence-electron chi connectivity index (χ2n) is 5.93. The summed E-state index contributed by atoms with van der Waals surface area (Å²) in [5.74, 6) is 0.310. The molecule has 1 N–H and O–H groups in total. The third-order valence-electron chi connectivity index (χ3n) is 3.90. The smallest absolute Gasteiger partial charge is 0.256 e. The summed E-state index contributed by atoms with van der Waals surface area (Å²) < 4.78 is 1.65. The first-order chi connectivity index (χ1) is 13.1. The average Bonchev–Trinajstić information content (AvgIpc) is 3.29. The largest absolute Gasteiger partial charge is 0.306 e. The fourth-order valence-corrected chi connectivity index (χ4v) is 3.64.